The smallest absolute Gasteiger partial charge is 0.275 e. The van der Waals surface area contributed by atoms with Crippen molar-refractivity contribution in [1.29, 1.82) is 0 Å². The van der Waals surface area contributed by atoms with Crippen molar-refractivity contribution >= 4 is 5.91 Å². The van der Waals surface area contributed by atoms with Crippen LogP contribution in [0.3, 0.4) is 0 Å². The Morgan fingerprint density at radius 3 is 2.93 bits per heavy atom. The standard InChI is InChI=1S/C8H12N4O2/c1-5-7(12-14-11-5)8(13)10-4-6-2-9-3-6/h6,9H,2-4H2,1H3,(H,10,13). The highest BCUT2D eigenvalue weighted by molar-refractivity contribution is 5.92. The third-order valence-corrected chi connectivity index (χ3v) is 2.28. The first-order valence-electron chi connectivity index (χ1n) is 4.55. The van der Waals surface area contributed by atoms with Crippen LogP contribution < -0.4 is 10.6 Å². The van der Waals surface area contributed by atoms with Crippen molar-refractivity contribution in [2.24, 2.45) is 5.92 Å². The summed E-state index contributed by atoms with van der Waals surface area (Å²) in [7, 11) is 0. The summed E-state index contributed by atoms with van der Waals surface area (Å²) in [6, 6.07) is 0. The van der Waals surface area contributed by atoms with E-state index in [1.54, 1.807) is 6.92 Å². The quantitative estimate of drug-likeness (QED) is 0.670. The summed E-state index contributed by atoms with van der Waals surface area (Å²) in [5, 5.41) is 13.0. The lowest BCUT2D eigenvalue weighted by Gasteiger charge is -2.26. The summed E-state index contributed by atoms with van der Waals surface area (Å²) in [4.78, 5) is 11.5. The van der Waals surface area contributed by atoms with E-state index >= 15 is 0 Å². The van der Waals surface area contributed by atoms with Gasteiger partial charge in [0.15, 0.2) is 5.69 Å². The van der Waals surface area contributed by atoms with Gasteiger partial charge in [-0.25, -0.2) is 4.63 Å². The minimum Gasteiger partial charge on any atom is -0.350 e. The molecule has 1 aromatic heterocycles. The molecule has 1 amide bonds. The van der Waals surface area contributed by atoms with Gasteiger partial charge in [-0.05, 0) is 12.1 Å². The van der Waals surface area contributed by atoms with Crippen molar-refractivity contribution in [2.75, 3.05) is 19.6 Å². The second kappa shape index (κ2) is 3.75. The SMILES string of the molecule is Cc1nonc1C(=O)NCC1CNC1. The summed E-state index contributed by atoms with van der Waals surface area (Å²) < 4.78 is 4.44. The summed E-state index contributed by atoms with van der Waals surface area (Å²) >= 11 is 0. The van der Waals surface area contributed by atoms with Gasteiger partial charge in [-0.2, -0.15) is 0 Å². The van der Waals surface area contributed by atoms with E-state index in [0.717, 1.165) is 13.1 Å². The summed E-state index contributed by atoms with van der Waals surface area (Å²) in [6.07, 6.45) is 0. The fourth-order valence-corrected chi connectivity index (χ4v) is 1.25. The molecule has 1 aliphatic heterocycles. The topological polar surface area (TPSA) is 80.0 Å². The van der Waals surface area contributed by atoms with E-state index in [9.17, 15) is 4.79 Å². The van der Waals surface area contributed by atoms with Crippen molar-refractivity contribution < 1.29 is 9.42 Å². The maximum atomic E-state index is 11.5. The van der Waals surface area contributed by atoms with E-state index in [2.05, 4.69) is 25.6 Å². The third-order valence-electron chi connectivity index (χ3n) is 2.28. The zero-order valence-corrected chi connectivity index (χ0v) is 7.91. The number of nitrogens with zero attached hydrogens (tertiary/aromatic N) is 2. The van der Waals surface area contributed by atoms with Gasteiger partial charge >= 0.3 is 0 Å². The molecule has 2 N–H and O–H groups in total. The minimum atomic E-state index is -0.212. The predicted octanol–water partition coefficient (Wildman–Crippen LogP) is -0.673. The van der Waals surface area contributed by atoms with Crippen LogP contribution >= 0.6 is 0 Å². The van der Waals surface area contributed by atoms with Crippen molar-refractivity contribution in [3.05, 3.63) is 11.4 Å². The average molecular weight is 196 g/mol. The van der Waals surface area contributed by atoms with Crippen LogP contribution in [-0.2, 0) is 0 Å². The molecule has 1 aliphatic rings. The third kappa shape index (κ3) is 1.74. The van der Waals surface area contributed by atoms with Crippen LogP contribution in [0.5, 0.6) is 0 Å². The van der Waals surface area contributed by atoms with E-state index in [1.807, 2.05) is 0 Å². The highest BCUT2D eigenvalue weighted by Gasteiger charge is 2.20. The van der Waals surface area contributed by atoms with Crippen molar-refractivity contribution in [1.82, 2.24) is 20.9 Å². The number of hydrogen-bond donors (Lipinski definition) is 2. The number of nitrogens with one attached hydrogen (secondary N) is 2. The monoisotopic (exact) mass is 196 g/mol. The van der Waals surface area contributed by atoms with E-state index in [1.165, 1.54) is 0 Å². The minimum absolute atomic E-state index is 0.212. The molecular weight excluding hydrogens is 184 g/mol. The van der Waals surface area contributed by atoms with E-state index in [4.69, 9.17) is 0 Å². The number of carbonyl (C=O) groups excluding carboxylic acids is 1. The average Bonchev–Trinajstić information content (AvgIpc) is 2.48. The van der Waals surface area contributed by atoms with E-state index in [0.29, 0.717) is 18.2 Å². The number of aromatic nitrogens is 2. The first kappa shape index (κ1) is 9.14. The lowest BCUT2D eigenvalue weighted by Crippen LogP contribution is -2.48. The molecule has 0 unspecified atom stereocenters. The molecule has 0 spiro atoms. The molecule has 2 rings (SSSR count). The summed E-state index contributed by atoms with van der Waals surface area (Å²) in [5.41, 5.74) is 0.798. The lowest BCUT2D eigenvalue weighted by molar-refractivity contribution is 0.0932. The molecule has 6 heteroatoms. The first-order valence-corrected chi connectivity index (χ1v) is 4.55. The number of hydrogen-bond acceptors (Lipinski definition) is 5. The molecule has 14 heavy (non-hydrogen) atoms. The van der Waals surface area contributed by atoms with Gasteiger partial charge in [0, 0.05) is 25.6 Å². The largest absolute Gasteiger partial charge is 0.350 e. The van der Waals surface area contributed by atoms with Gasteiger partial charge < -0.3 is 10.6 Å². The predicted molar refractivity (Wildman–Crippen MR) is 47.7 cm³/mol. The summed E-state index contributed by atoms with van der Waals surface area (Å²) in [6.45, 7) is 4.31. The zero-order chi connectivity index (χ0) is 9.97. The molecule has 76 valence electrons. The number of amides is 1. The molecule has 1 fully saturated rings. The molecule has 0 saturated carbocycles. The summed E-state index contributed by atoms with van der Waals surface area (Å²) in [5.74, 6) is 0.328. The van der Waals surface area contributed by atoms with Crippen LogP contribution in [0, 0.1) is 12.8 Å². The highest BCUT2D eigenvalue weighted by atomic mass is 16.6. The van der Waals surface area contributed by atoms with Gasteiger partial charge in [0.25, 0.3) is 5.91 Å². The van der Waals surface area contributed by atoms with Crippen molar-refractivity contribution in [2.45, 2.75) is 6.92 Å². The van der Waals surface area contributed by atoms with Gasteiger partial charge in [0.05, 0.1) is 0 Å². The first-order chi connectivity index (χ1) is 6.77. The zero-order valence-electron chi connectivity index (χ0n) is 7.91. The molecule has 1 aromatic rings. The molecule has 0 aliphatic carbocycles. The van der Waals surface area contributed by atoms with Crippen molar-refractivity contribution in [3.8, 4) is 0 Å². The van der Waals surface area contributed by atoms with Crippen LogP contribution in [0.15, 0.2) is 4.63 Å². The highest BCUT2D eigenvalue weighted by Crippen LogP contribution is 2.03. The molecule has 0 aromatic carbocycles. The number of carbonyl (C=O) groups is 1. The van der Waals surface area contributed by atoms with Crippen LogP contribution in [0.2, 0.25) is 0 Å². The van der Waals surface area contributed by atoms with Crippen molar-refractivity contribution in [3.63, 3.8) is 0 Å². The maximum absolute atomic E-state index is 11.5. The van der Waals surface area contributed by atoms with Gasteiger partial charge in [-0.15, -0.1) is 0 Å². The number of rotatable bonds is 3. The normalized spacial score (nSPS) is 16.4. The second-order valence-corrected chi connectivity index (χ2v) is 3.43. The Kier molecular flexibility index (Phi) is 2.45. The Balaban J connectivity index is 1.86. The molecule has 2 heterocycles. The molecular formula is C8H12N4O2. The Morgan fingerprint density at radius 2 is 2.43 bits per heavy atom. The Bertz CT molecular complexity index is 332. The molecule has 0 radical (unpaired) electrons. The van der Waals surface area contributed by atoms with Gasteiger partial charge in [-0.1, -0.05) is 5.16 Å². The number of aryl methyl sites for hydroxylation is 1. The van der Waals surface area contributed by atoms with Crippen LogP contribution in [0.25, 0.3) is 0 Å². The fourth-order valence-electron chi connectivity index (χ4n) is 1.25. The molecule has 0 bridgehead atoms. The Morgan fingerprint density at radius 1 is 1.64 bits per heavy atom. The second-order valence-electron chi connectivity index (χ2n) is 3.43. The van der Waals surface area contributed by atoms with Gasteiger partial charge in [-0.3, -0.25) is 4.79 Å². The lowest BCUT2D eigenvalue weighted by atomic mass is 10.0. The van der Waals surface area contributed by atoms with Gasteiger partial charge in [0.2, 0.25) is 0 Å². The molecule has 0 atom stereocenters. The maximum Gasteiger partial charge on any atom is 0.275 e. The molecule has 1 saturated heterocycles. The Labute approximate surface area is 81.0 Å². The molecule has 6 nitrogen and oxygen atoms in total. The van der Waals surface area contributed by atoms with Crippen LogP contribution in [-0.4, -0.2) is 35.9 Å². The van der Waals surface area contributed by atoms with Gasteiger partial charge in [0.1, 0.15) is 5.69 Å². The fraction of sp³-hybridized carbons (Fsp3) is 0.625. The van der Waals surface area contributed by atoms with Crippen LogP contribution in [0.1, 0.15) is 16.2 Å². The van der Waals surface area contributed by atoms with Crippen LogP contribution in [0.4, 0.5) is 0 Å². The van der Waals surface area contributed by atoms with E-state index in [-0.39, 0.29) is 11.6 Å². The van der Waals surface area contributed by atoms with E-state index < -0.39 is 0 Å². The Hall–Kier alpha value is -1.43.